The molecule has 0 atom stereocenters. The Kier molecular flexibility index (Phi) is 3.45. The number of nitrogens with zero attached hydrogens (tertiary/aromatic N) is 6. The summed E-state index contributed by atoms with van der Waals surface area (Å²) in [6, 6.07) is 15.7. The second-order valence-electron chi connectivity index (χ2n) is 6.19. The number of azide groups is 1. The van der Waals surface area contributed by atoms with Crippen molar-refractivity contribution < 1.29 is 0 Å². The van der Waals surface area contributed by atoms with Gasteiger partial charge in [-0.25, -0.2) is 4.98 Å². The maximum absolute atomic E-state index is 8.45. The summed E-state index contributed by atoms with van der Waals surface area (Å²) in [5.41, 5.74) is 13.9. The fourth-order valence-electron chi connectivity index (χ4n) is 3.36. The van der Waals surface area contributed by atoms with Gasteiger partial charge in [-0.05, 0) is 35.4 Å². The summed E-state index contributed by atoms with van der Waals surface area (Å²) in [5.74, 6) is 0.779. The number of nitrogens with one attached hydrogen (secondary N) is 1. The van der Waals surface area contributed by atoms with E-state index in [0.29, 0.717) is 6.54 Å². The van der Waals surface area contributed by atoms with Crippen LogP contribution in [0.4, 0.5) is 0 Å². The molecule has 3 heterocycles. The molecule has 0 fully saturated rings. The summed E-state index contributed by atoms with van der Waals surface area (Å²) >= 11 is 0. The van der Waals surface area contributed by atoms with E-state index in [-0.39, 0.29) is 0 Å². The van der Waals surface area contributed by atoms with Gasteiger partial charge in [0.25, 0.3) is 0 Å². The molecular formula is C20H13N7. The molecule has 27 heavy (non-hydrogen) atoms. The SMILES string of the molecule is [N-]=[N+]=NCc1ccc(-c2nc3c4cccnc4c4ncccc4c3[nH]2)cc1. The van der Waals surface area contributed by atoms with Crippen molar-refractivity contribution in [2.24, 2.45) is 5.11 Å². The second-order valence-corrected chi connectivity index (χ2v) is 6.19. The van der Waals surface area contributed by atoms with Crippen LogP contribution in [0.5, 0.6) is 0 Å². The molecule has 0 bridgehead atoms. The van der Waals surface area contributed by atoms with Gasteiger partial charge in [0, 0.05) is 33.6 Å². The average Bonchev–Trinajstić information content (AvgIpc) is 3.19. The van der Waals surface area contributed by atoms with E-state index in [2.05, 4.69) is 25.0 Å². The molecule has 0 spiro atoms. The first kappa shape index (κ1) is 15.3. The van der Waals surface area contributed by atoms with Crippen LogP contribution in [0.1, 0.15) is 5.56 Å². The van der Waals surface area contributed by atoms with Gasteiger partial charge < -0.3 is 4.98 Å². The molecule has 1 N–H and O–H groups in total. The molecule has 7 nitrogen and oxygen atoms in total. The molecule has 0 aliphatic rings. The third-order valence-electron chi connectivity index (χ3n) is 4.61. The molecule has 0 aliphatic heterocycles. The maximum Gasteiger partial charge on any atom is 0.138 e. The van der Waals surface area contributed by atoms with Crippen LogP contribution in [0.25, 0.3) is 54.7 Å². The van der Waals surface area contributed by atoms with Crippen LogP contribution in [0, 0.1) is 0 Å². The number of aromatic nitrogens is 4. The number of benzene rings is 2. The van der Waals surface area contributed by atoms with Crippen LogP contribution in [-0.4, -0.2) is 19.9 Å². The highest BCUT2D eigenvalue weighted by Crippen LogP contribution is 2.33. The first-order chi connectivity index (χ1) is 13.3. The van der Waals surface area contributed by atoms with E-state index in [4.69, 9.17) is 10.5 Å². The van der Waals surface area contributed by atoms with Gasteiger partial charge in [0.05, 0.1) is 28.6 Å². The smallest absolute Gasteiger partial charge is 0.138 e. The molecular weight excluding hydrogens is 338 g/mol. The zero-order valence-corrected chi connectivity index (χ0v) is 14.2. The lowest BCUT2D eigenvalue weighted by molar-refractivity contribution is 1.05. The summed E-state index contributed by atoms with van der Waals surface area (Å²) in [6.07, 6.45) is 3.56. The normalized spacial score (nSPS) is 11.1. The first-order valence-electron chi connectivity index (χ1n) is 8.46. The number of fused-ring (bicyclic) bond motifs is 6. The van der Waals surface area contributed by atoms with E-state index in [9.17, 15) is 0 Å². The Morgan fingerprint density at radius 2 is 1.59 bits per heavy atom. The van der Waals surface area contributed by atoms with Crippen LogP contribution in [-0.2, 0) is 6.54 Å². The molecule has 128 valence electrons. The zero-order valence-electron chi connectivity index (χ0n) is 14.2. The Morgan fingerprint density at radius 1 is 0.889 bits per heavy atom. The Bertz CT molecular complexity index is 1270. The number of hydrogen-bond acceptors (Lipinski definition) is 4. The standard InChI is InChI=1S/C20H13N7/c21-27-24-11-12-5-7-13(8-6-12)20-25-18-14-3-1-9-22-16(14)17-15(19(18)26-20)4-2-10-23-17/h1-10H,11H2,(H,25,26). The van der Waals surface area contributed by atoms with Gasteiger partial charge in [0.15, 0.2) is 0 Å². The summed E-state index contributed by atoms with van der Waals surface area (Å²) in [6.45, 7) is 0.337. The number of hydrogen-bond donors (Lipinski definition) is 1. The van der Waals surface area contributed by atoms with Crippen LogP contribution >= 0.6 is 0 Å². The molecule has 5 aromatic rings. The minimum absolute atomic E-state index is 0.337. The van der Waals surface area contributed by atoms with Crippen molar-refractivity contribution in [3.8, 4) is 11.4 Å². The van der Waals surface area contributed by atoms with Crippen molar-refractivity contribution in [2.45, 2.75) is 6.54 Å². The minimum atomic E-state index is 0.337. The molecule has 0 saturated carbocycles. The highest BCUT2D eigenvalue weighted by molar-refractivity contribution is 6.20. The van der Waals surface area contributed by atoms with Gasteiger partial charge in [-0.15, -0.1) is 0 Å². The van der Waals surface area contributed by atoms with Crippen LogP contribution in [0.3, 0.4) is 0 Å². The fourth-order valence-corrected chi connectivity index (χ4v) is 3.36. The van der Waals surface area contributed by atoms with Crippen molar-refractivity contribution in [2.75, 3.05) is 0 Å². The number of H-pyrrole nitrogens is 1. The molecule has 0 radical (unpaired) electrons. The molecule has 0 unspecified atom stereocenters. The van der Waals surface area contributed by atoms with Crippen LogP contribution < -0.4 is 0 Å². The number of pyridine rings is 2. The summed E-state index contributed by atoms with van der Waals surface area (Å²) < 4.78 is 0. The number of rotatable bonds is 3. The predicted octanol–water partition coefficient (Wildman–Crippen LogP) is 5.14. The van der Waals surface area contributed by atoms with Crippen molar-refractivity contribution in [3.05, 3.63) is 76.9 Å². The maximum atomic E-state index is 8.45. The van der Waals surface area contributed by atoms with E-state index in [0.717, 1.165) is 49.8 Å². The van der Waals surface area contributed by atoms with Crippen molar-refractivity contribution in [1.82, 2.24) is 19.9 Å². The summed E-state index contributed by atoms with van der Waals surface area (Å²) in [5, 5.41) is 5.56. The summed E-state index contributed by atoms with van der Waals surface area (Å²) in [4.78, 5) is 20.1. The van der Waals surface area contributed by atoms with E-state index in [1.165, 1.54) is 0 Å². The summed E-state index contributed by atoms with van der Waals surface area (Å²) in [7, 11) is 0. The molecule has 2 aromatic carbocycles. The highest BCUT2D eigenvalue weighted by Gasteiger charge is 2.14. The topological polar surface area (TPSA) is 103 Å². The van der Waals surface area contributed by atoms with Gasteiger partial charge in [0.1, 0.15) is 5.82 Å². The van der Waals surface area contributed by atoms with E-state index in [1.807, 2.05) is 48.5 Å². The van der Waals surface area contributed by atoms with E-state index >= 15 is 0 Å². The third kappa shape index (κ3) is 2.46. The third-order valence-corrected chi connectivity index (χ3v) is 4.61. The average molecular weight is 351 g/mol. The lowest BCUT2D eigenvalue weighted by Crippen LogP contribution is -1.86. The highest BCUT2D eigenvalue weighted by atomic mass is 15.1. The lowest BCUT2D eigenvalue weighted by Gasteiger charge is -2.03. The first-order valence-corrected chi connectivity index (χ1v) is 8.46. The van der Waals surface area contributed by atoms with E-state index < -0.39 is 0 Å². The van der Waals surface area contributed by atoms with Crippen LogP contribution in [0.15, 0.2) is 66.0 Å². The van der Waals surface area contributed by atoms with Gasteiger partial charge in [-0.3, -0.25) is 9.97 Å². The Labute approximate surface area is 153 Å². The van der Waals surface area contributed by atoms with E-state index in [1.54, 1.807) is 12.4 Å². The van der Waals surface area contributed by atoms with Crippen molar-refractivity contribution in [3.63, 3.8) is 0 Å². The quantitative estimate of drug-likeness (QED) is 0.211. The monoisotopic (exact) mass is 351 g/mol. The predicted molar refractivity (Wildman–Crippen MR) is 105 cm³/mol. The van der Waals surface area contributed by atoms with Gasteiger partial charge in [-0.1, -0.05) is 29.4 Å². The van der Waals surface area contributed by atoms with Gasteiger partial charge in [0.2, 0.25) is 0 Å². The number of imidazole rings is 1. The zero-order chi connectivity index (χ0) is 18.2. The second kappa shape index (κ2) is 6.09. The Balaban J connectivity index is 1.75. The Hall–Kier alpha value is -3.96. The largest absolute Gasteiger partial charge is 0.337 e. The van der Waals surface area contributed by atoms with Crippen LogP contribution in [0.2, 0.25) is 0 Å². The number of aromatic amines is 1. The minimum Gasteiger partial charge on any atom is -0.337 e. The fraction of sp³-hybridized carbons (Fsp3) is 0.0500. The van der Waals surface area contributed by atoms with Gasteiger partial charge >= 0.3 is 0 Å². The van der Waals surface area contributed by atoms with Crippen molar-refractivity contribution >= 4 is 32.8 Å². The molecule has 5 rings (SSSR count). The van der Waals surface area contributed by atoms with Crippen molar-refractivity contribution in [1.29, 1.82) is 0 Å². The lowest BCUT2D eigenvalue weighted by atomic mass is 10.1. The van der Waals surface area contributed by atoms with Gasteiger partial charge in [-0.2, -0.15) is 0 Å². The Morgan fingerprint density at radius 3 is 2.33 bits per heavy atom. The molecule has 7 heteroatoms. The molecule has 0 saturated heterocycles. The molecule has 0 amide bonds. The molecule has 3 aromatic heterocycles. The molecule has 0 aliphatic carbocycles.